The summed E-state index contributed by atoms with van der Waals surface area (Å²) in [6, 6.07) is 18.3. The molecule has 1 saturated heterocycles. The Labute approximate surface area is 199 Å². The van der Waals surface area contributed by atoms with Crippen LogP contribution in [0.15, 0.2) is 60.9 Å². The van der Waals surface area contributed by atoms with E-state index in [9.17, 15) is 10.1 Å². The Morgan fingerprint density at radius 1 is 1.00 bits per heavy atom. The van der Waals surface area contributed by atoms with Gasteiger partial charge in [0, 0.05) is 56.7 Å². The Morgan fingerprint density at radius 2 is 1.59 bits per heavy atom. The van der Waals surface area contributed by atoms with Crippen LogP contribution in [0, 0.1) is 22.7 Å². The molecule has 0 spiro atoms. The van der Waals surface area contributed by atoms with Gasteiger partial charge in [0.25, 0.3) is 5.91 Å². The van der Waals surface area contributed by atoms with Gasteiger partial charge in [-0.3, -0.25) is 9.69 Å². The number of nitrogens with zero attached hydrogens (tertiary/aromatic N) is 6. The maximum Gasteiger partial charge on any atom is 0.251 e. The van der Waals surface area contributed by atoms with Crippen molar-refractivity contribution in [3.63, 3.8) is 0 Å². The van der Waals surface area contributed by atoms with Gasteiger partial charge in [-0.1, -0.05) is 12.1 Å². The largest absolute Gasteiger partial charge is 0.348 e. The normalized spacial score (nSPS) is 16.3. The van der Waals surface area contributed by atoms with Crippen molar-refractivity contribution in [2.45, 2.75) is 18.5 Å². The molecule has 170 valence electrons. The first-order valence-electron chi connectivity index (χ1n) is 11.0. The Hall–Kier alpha value is -4.27. The van der Waals surface area contributed by atoms with E-state index in [1.54, 1.807) is 24.3 Å². The van der Waals surface area contributed by atoms with Gasteiger partial charge >= 0.3 is 0 Å². The Morgan fingerprint density at radius 3 is 2.15 bits per heavy atom. The lowest BCUT2D eigenvalue weighted by molar-refractivity contribution is 0.0937. The fourth-order valence-corrected chi connectivity index (χ4v) is 4.16. The molecule has 1 N–H and O–H groups in total. The third kappa shape index (κ3) is 5.03. The zero-order valence-electron chi connectivity index (χ0n) is 19.1. The van der Waals surface area contributed by atoms with Crippen LogP contribution in [0.25, 0.3) is 0 Å². The highest BCUT2D eigenvalue weighted by Gasteiger charge is 2.31. The van der Waals surface area contributed by atoms with Crippen molar-refractivity contribution < 1.29 is 4.79 Å². The Balaban J connectivity index is 1.53. The van der Waals surface area contributed by atoms with E-state index in [1.807, 2.05) is 55.7 Å². The summed E-state index contributed by atoms with van der Waals surface area (Å²) < 4.78 is 0. The van der Waals surface area contributed by atoms with Gasteiger partial charge < -0.3 is 10.2 Å². The molecule has 2 heterocycles. The number of hydrogen-bond acceptors (Lipinski definition) is 7. The quantitative estimate of drug-likeness (QED) is 0.614. The van der Waals surface area contributed by atoms with E-state index in [0.29, 0.717) is 29.2 Å². The summed E-state index contributed by atoms with van der Waals surface area (Å²) in [5.41, 5.74) is 3.66. The lowest BCUT2D eigenvalue weighted by Gasteiger charge is -2.28. The van der Waals surface area contributed by atoms with E-state index >= 15 is 0 Å². The third-order valence-corrected chi connectivity index (χ3v) is 5.93. The number of aromatic nitrogens is 2. The molecule has 1 amide bonds. The Bertz CT molecular complexity index is 1220. The fraction of sp³-hybridized carbons (Fsp3) is 0.269. The van der Waals surface area contributed by atoms with Crippen LogP contribution in [-0.2, 0) is 0 Å². The summed E-state index contributed by atoms with van der Waals surface area (Å²) in [7, 11) is 3.80. The van der Waals surface area contributed by atoms with Crippen molar-refractivity contribution in [2.75, 3.05) is 32.1 Å². The predicted octanol–water partition coefficient (Wildman–Crippen LogP) is 2.88. The van der Waals surface area contributed by atoms with Gasteiger partial charge in [0.15, 0.2) is 0 Å². The topological polar surface area (TPSA) is 109 Å². The van der Waals surface area contributed by atoms with Gasteiger partial charge in [0.1, 0.15) is 0 Å². The summed E-state index contributed by atoms with van der Waals surface area (Å²) >= 11 is 0. The summed E-state index contributed by atoms with van der Waals surface area (Å²) in [4.78, 5) is 25.9. The summed E-state index contributed by atoms with van der Waals surface area (Å²) in [6.45, 7) is 1.46. The van der Waals surface area contributed by atoms with E-state index < -0.39 is 0 Å². The second kappa shape index (κ2) is 10.1. The van der Waals surface area contributed by atoms with Crippen LogP contribution >= 0.6 is 0 Å². The lowest BCUT2D eigenvalue weighted by Crippen LogP contribution is -2.38. The van der Waals surface area contributed by atoms with Gasteiger partial charge in [0.2, 0.25) is 5.95 Å². The van der Waals surface area contributed by atoms with Crippen molar-refractivity contribution >= 4 is 11.9 Å². The maximum absolute atomic E-state index is 12.7. The summed E-state index contributed by atoms with van der Waals surface area (Å²) in [5.74, 6) is 0.487. The summed E-state index contributed by atoms with van der Waals surface area (Å²) in [6.07, 6.45) is 4.49. The van der Waals surface area contributed by atoms with Crippen molar-refractivity contribution in [2.24, 2.45) is 0 Å². The number of carbonyl (C=O) groups excluding carboxylic acids is 1. The van der Waals surface area contributed by atoms with E-state index in [0.717, 1.165) is 24.1 Å². The first-order chi connectivity index (χ1) is 16.5. The zero-order chi connectivity index (χ0) is 24.1. The third-order valence-electron chi connectivity index (χ3n) is 5.93. The summed E-state index contributed by atoms with van der Waals surface area (Å²) in [5, 5.41) is 21.3. The molecule has 1 aliphatic rings. The molecule has 1 aromatic heterocycles. The molecule has 2 atom stereocenters. The second-order valence-corrected chi connectivity index (χ2v) is 8.49. The highest BCUT2D eigenvalue weighted by atomic mass is 16.1. The van der Waals surface area contributed by atoms with Crippen LogP contribution in [0.5, 0.6) is 0 Å². The van der Waals surface area contributed by atoms with E-state index in [1.165, 1.54) is 0 Å². The predicted molar refractivity (Wildman–Crippen MR) is 128 cm³/mol. The fourth-order valence-electron chi connectivity index (χ4n) is 4.16. The van der Waals surface area contributed by atoms with Crippen molar-refractivity contribution in [1.29, 1.82) is 10.5 Å². The number of carbonyl (C=O) groups is 1. The highest BCUT2D eigenvalue weighted by molar-refractivity contribution is 5.94. The lowest BCUT2D eigenvalue weighted by atomic mass is 9.98. The molecule has 0 bridgehead atoms. The molecule has 1 fully saturated rings. The second-order valence-electron chi connectivity index (χ2n) is 8.49. The van der Waals surface area contributed by atoms with Crippen molar-refractivity contribution in [1.82, 2.24) is 20.2 Å². The van der Waals surface area contributed by atoms with Crippen LogP contribution in [0.4, 0.5) is 5.95 Å². The van der Waals surface area contributed by atoms with Gasteiger partial charge in [-0.25, -0.2) is 9.97 Å². The molecule has 1 unspecified atom stereocenters. The highest BCUT2D eigenvalue weighted by Crippen LogP contribution is 2.31. The number of nitrogens with one attached hydrogen (secondary N) is 1. The number of amides is 1. The van der Waals surface area contributed by atoms with E-state index in [-0.39, 0.29) is 18.0 Å². The van der Waals surface area contributed by atoms with Crippen LogP contribution in [0.1, 0.15) is 45.1 Å². The van der Waals surface area contributed by atoms with E-state index in [4.69, 9.17) is 5.26 Å². The monoisotopic (exact) mass is 451 g/mol. The SMILES string of the molecule is CN(C)c1ncc([C@@H](c2ccc(C#N)cc2)N2CCC(NC(=O)c3ccc(C#N)cc3)C2)cn1. The van der Waals surface area contributed by atoms with Crippen molar-refractivity contribution in [3.8, 4) is 12.1 Å². The molecule has 1 aliphatic heterocycles. The number of hydrogen-bond donors (Lipinski definition) is 1. The molecule has 0 radical (unpaired) electrons. The minimum atomic E-state index is -0.148. The molecule has 0 aliphatic carbocycles. The number of anilines is 1. The maximum atomic E-state index is 12.7. The molecule has 34 heavy (non-hydrogen) atoms. The first kappa shape index (κ1) is 22.9. The van der Waals surface area contributed by atoms with Gasteiger partial charge in [-0.15, -0.1) is 0 Å². The molecule has 3 aromatic rings. The van der Waals surface area contributed by atoms with Gasteiger partial charge in [-0.05, 0) is 48.4 Å². The van der Waals surface area contributed by atoms with Crippen molar-refractivity contribution in [3.05, 3.63) is 88.7 Å². The minimum absolute atomic E-state index is 0.00834. The minimum Gasteiger partial charge on any atom is -0.348 e. The van der Waals surface area contributed by atoms with Gasteiger partial charge in [0.05, 0.1) is 29.3 Å². The molecule has 4 rings (SSSR count). The average molecular weight is 452 g/mol. The molecule has 8 heteroatoms. The molecular formula is C26H25N7O. The number of nitriles is 2. The van der Waals surface area contributed by atoms with Crippen LogP contribution in [-0.4, -0.2) is 54.0 Å². The van der Waals surface area contributed by atoms with Crippen LogP contribution in [0.3, 0.4) is 0 Å². The smallest absolute Gasteiger partial charge is 0.251 e. The zero-order valence-corrected chi connectivity index (χ0v) is 19.1. The molecule has 8 nitrogen and oxygen atoms in total. The average Bonchev–Trinajstić information content (AvgIpc) is 3.32. The number of rotatable bonds is 6. The molecule has 2 aromatic carbocycles. The van der Waals surface area contributed by atoms with E-state index in [2.05, 4.69) is 32.3 Å². The number of likely N-dealkylation sites (tertiary alicyclic amines) is 1. The Kier molecular flexibility index (Phi) is 6.82. The molecular weight excluding hydrogens is 426 g/mol. The first-order valence-corrected chi connectivity index (χ1v) is 11.0. The number of benzene rings is 2. The standard InChI is InChI=1S/C26H25N7O/c1-32(2)26-29-15-22(16-30-26)24(20-7-3-18(13-27)4-8-20)33-12-11-23(17-33)31-25(34)21-9-5-19(14-28)6-10-21/h3-10,15-16,23-24H,11-12,17H2,1-2H3,(H,31,34)/t23?,24-/m1/s1. The molecule has 0 saturated carbocycles. The van der Waals surface area contributed by atoms with Crippen LogP contribution in [0.2, 0.25) is 0 Å². The van der Waals surface area contributed by atoms with Crippen LogP contribution < -0.4 is 10.2 Å². The van der Waals surface area contributed by atoms with Gasteiger partial charge in [-0.2, -0.15) is 10.5 Å².